The van der Waals surface area contributed by atoms with Crippen LogP contribution in [0.3, 0.4) is 0 Å². The van der Waals surface area contributed by atoms with Gasteiger partial charge in [0.1, 0.15) is 0 Å². The van der Waals surface area contributed by atoms with Crippen LogP contribution in [0.1, 0.15) is 87.2 Å². The van der Waals surface area contributed by atoms with Crippen LogP contribution in [0, 0.1) is 0 Å². The fourth-order valence-corrected chi connectivity index (χ4v) is 6.61. The number of aromatic nitrogens is 2. The van der Waals surface area contributed by atoms with Gasteiger partial charge in [0.25, 0.3) is 0 Å². The maximum absolute atomic E-state index is 4.75. The fraction of sp³-hybridized carbons (Fsp3) is 0.364. The Morgan fingerprint density at radius 3 is 1.86 bits per heavy atom. The van der Waals surface area contributed by atoms with Gasteiger partial charge >= 0.3 is 0 Å². The minimum Gasteiger partial charge on any atom is -0.298 e. The van der Waals surface area contributed by atoms with Crippen LogP contribution in [-0.4, -0.2) is 9.55 Å². The fourth-order valence-electron chi connectivity index (χ4n) is 6.61. The van der Waals surface area contributed by atoms with E-state index in [0.29, 0.717) is 11.8 Å². The Kier molecular flexibility index (Phi) is 6.53. The lowest BCUT2D eigenvalue weighted by molar-refractivity contribution is 0.436. The maximum Gasteiger partial charge on any atom is 0.0997 e. The zero-order chi connectivity index (χ0) is 23.5. The van der Waals surface area contributed by atoms with Crippen molar-refractivity contribution in [3.63, 3.8) is 0 Å². The lowest BCUT2D eigenvalue weighted by Crippen LogP contribution is -2.12. The van der Waals surface area contributed by atoms with E-state index in [-0.39, 0.29) is 0 Å². The van der Waals surface area contributed by atoms with Gasteiger partial charge in [-0.05, 0) is 60.3 Å². The van der Waals surface area contributed by atoms with Crippen molar-refractivity contribution < 1.29 is 0 Å². The van der Waals surface area contributed by atoms with Gasteiger partial charge in [-0.3, -0.25) is 4.57 Å². The van der Waals surface area contributed by atoms with Crippen molar-refractivity contribution in [2.24, 2.45) is 0 Å². The predicted molar refractivity (Wildman–Crippen MR) is 146 cm³/mol. The molecule has 4 aromatic rings. The summed E-state index contributed by atoms with van der Waals surface area (Å²) in [5.41, 5.74) is 9.57. The van der Waals surface area contributed by atoms with E-state index in [1.54, 1.807) is 11.1 Å². The minimum atomic E-state index is 0.662. The van der Waals surface area contributed by atoms with Gasteiger partial charge in [-0.15, -0.1) is 0 Å². The second-order valence-corrected chi connectivity index (χ2v) is 10.5. The third kappa shape index (κ3) is 4.47. The van der Waals surface area contributed by atoms with Crippen LogP contribution in [0.5, 0.6) is 0 Å². The van der Waals surface area contributed by atoms with Crippen molar-refractivity contribution >= 4 is 0 Å². The number of para-hydroxylation sites is 1. The van der Waals surface area contributed by atoms with Gasteiger partial charge < -0.3 is 0 Å². The molecule has 0 saturated heterocycles. The molecule has 6 rings (SSSR count). The summed E-state index contributed by atoms with van der Waals surface area (Å²) < 4.78 is 2.36. The molecule has 3 aromatic carbocycles. The molecular weight excluding hydrogens is 424 g/mol. The number of benzene rings is 3. The first-order valence-electron chi connectivity index (χ1n) is 13.7. The van der Waals surface area contributed by atoms with E-state index >= 15 is 0 Å². The summed E-state index contributed by atoms with van der Waals surface area (Å²) in [7, 11) is 0. The van der Waals surface area contributed by atoms with Gasteiger partial charge in [-0.1, -0.05) is 105 Å². The van der Waals surface area contributed by atoms with Crippen molar-refractivity contribution in [1.82, 2.24) is 9.55 Å². The SMILES string of the molecule is c1ccc(-c2ccccc2-n2cncc2-c2c(C3CCCCC3)cccc2C2CCCCC2)cc1. The molecule has 178 valence electrons. The molecule has 2 nitrogen and oxygen atoms in total. The average molecular weight is 461 g/mol. The topological polar surface area (TPSA) is 17.8 Å². The molecule has 0 amide bonds. The molecule has 0 N–H and O–H groups in total. The van der Waals surface area contributed by atoms with Crippen LogP contribution in [-0.2, 0) is 0 Å². The number of rotatable bonds is 5. The molecule has 0 atom stereocenters. The Hall–Kier alpha value is -3.13. The van der Waals surface area contributed by atoms with E-state index in [2.05, 4.69) is 83.6 Å². The molecule has 2 heteroatoms. The zero-order valence-electron chi connectivity index (χ0n) is 20.7. The lowest BCUT2D eigenvalue weighted by atomic mass is 9.76. The first-order chi connectivity index (χ1) is 17.4. The first-order valence-corrected chi connectivity index (χ1v) is 13.7. The van der Waals surface area contributed by atoms with Gasteiger partial charge in [0, 0.05) is 11.1 Å². The summed E-state index contributed by atoms with van der Waals surface area (Å²) in [6.07, 6.45) is 17.6. The number of hydrogen-bond acceptors (Lipinski definition) is 1. The average Bonchev–Trinajstić information content (AvgIpc) is 3.43. The Morgan fingerprint density at radius 1 is 0.600 bits per heavy atom. The van der Waals surface area contributed by atoms with E-state index in [9.17, 15) is 0 Å². The molecule has 0 radical (unpaired) electrons. The lowest BCUT2D eigenvalue weighted by Gasteiger charge is -2.30. The third-order valence-corrected chi connectivity index (χ3v) is 8.36. The van der Waals surface area contributed by atoms with Crippen LogP contribution in [0.15, 0.2) is 85.3 Å². The van der Waals surface area contributed by atoms with E-state index in [4.69, 9.17) is 4.98 Å². The molecule has 0 bridgehead atoms. The van der Waals surface area contributed by atoms with Crippen LogP contribution in [0.4, 0.5) is 0 Å². The smallest absolute Gasteiger partial charge is 0.0997 e. The van der Waals surface area contributed by atoms with Crippen LogP contribution in [0.2, 0.25) is 0 Å². The molecule has 2 fully saturated rings. The second-order valence-electron chi connectivity index (χ2n) is 10.5. The van der Waals surface area contributed by atoms with Crippen molar-refractivity contribution in [3.8, 4) is 28.1 Å². The van der Waals surface area contributed by atoms with Crippen molar-refractivity contribution in [3.05, 3.63) is 96.4 Å². The summed E-state index contributed by atoms with van der Waals surface area (Å²) in [5, 5.41) is 0. The quantitative estimate of drug-likeness (QED) is 0.290. The van der Waals surface area contributed by atoms with Gasteiger partial charge in [-0.2, -0.15) is 0 Å². The summed E-state index contributed by atoms with van der Waals surface area (Å²) >= 11 is 0. The molecule has 35 heavy (non-hydrogen) atoms. The number of nitrogens with zero attached hydrogens (tertiary/aromatic N) is 2. The number of imidazole rings is 1. The Bertz CT molecular complexity index is 1220. The van der Waals surface area contributed by atoms with E-state index < -0.39 is 0 Å². The standard InChI is InChI=1S/C33H36N2/c1-4-13-25(14-5-1)28-19-10-11-22-31(28)35-24-34-23-32(35)33-29(26-15-6-2-7-16-26)20-12-21-30(33)27-17-8-3-9-18-27/h1,4-5,10-14,19-24,26-27H,2-3,6-9,15-18H2. The molecule has 2 aliphatic rings. The largest absolute Gasteiger partial charge is 0.298 e. The highest BCUT2D eigenvalue weighted by Crippen LogP contribution is 2.45. The Balaban J connectivity index is 1.53. The Morgan fingerprint density at radius 2 is 1.20 bits per heavy atom. The summed E-state index contributed by atoms with van der Waals surface area (Å²) in [4.78, 5) is 4.75. The Labute approximate surface area is 210 Å². The van der Waals surface area contributed by atoms with Crippen LogP contribution >= 0.6 is 0 Å². The van der Waals surface area contributed by atoms with Gasteiger partial charge in [0.05, 0.1) is 23.9 Å². The summed E-state index contributed by atoms with van der Waals surface area (Å²) in [6, 6.07) is 26.7. The monoisotopic (exact) mass is 460 g/mol. The molecule has 0 unspecified atom stereocenters. The van der Waals surface area contributed by atoms with Gasteiger partial charge in [0.2, 0.25) is 0 Å². The van der Waals surface area contributed by atoms with Crippen LogP contribution in [0.25, 0.3) is 28.1 Å². The molecule has 2 aliphatic carbocycles. The van der Waals surface area contributed by atoms with E-state index in [1.807, 2.05) is 6.33 Å². The third-order valence-electron chi connectivity index (χ3n) is 8.36. The first kappa shape index (κ1) is 22.3. The molecule has 0 spiro atoms. The molecule has 0 aliphatic heterocycles. The van der Waals surface area contributed by atoms with Crippen molar-refractivity contribution in [2.75, 3.05) is 0 Å². The van der Waals surface area contributed by atoms with Gasteiger partial charge in [-0.25, -0.2) is 4.98 Å². The van der Waals surface area contributed by atoms with E-state index in [0.717, 1.165) is 0 Å². The van der Waals surface area contributed by atoms with Crippen LogP contribution < -0.4 is 0 Å². The maximum atomic E-state index is 4.75. The molecule has 1 heterocycles. The minimum absolute atomic E-state index is 0.662. The van der Waals surface area contributed by atoms with Gasteiger partial charge in [0.15, 0.2) is 0 Å². The second kappa shape index (κ2) is 10.2. The summed E-state index contributed by atoms with van der Waals surface area (Å²) in [5.74, 6) is 1.32. The zero-order valence-corrected chi connectivity index (χ0v) is 20.7. The normalized spacial score (nSPS) is 17.5. The highest BCUT2D eigenvalue weighted by molar-refractivity contribution is 5.77. The molecule has 2 saturated carbocycles. The van der Waals surface area contributed by atoms with Crippen molar-refractivity contribution in [1.29, 1.82) is 0 Å². The highest BCUT2D eigenvalue weighted by Gasteiger charge is 2.27. The highest BCUT2D eigenvalue weighted by atomic mass is 15.1. The molecular formula is C33H36N2. The van der Waals surface area contributed by atoms with E-state index in [1.165, 1.54) is 92.3 Å². The predicted octanol–water partition coefficient (Wildman–Crippen LogP) is 9.30. The van der Waals surface area contributed by atoms with Crippen molar-refractivity contribution in [2.45, 2.75) is 76.0 Å². The summed E-state index contributed by atoms with van der Waals surface area (Å²) in [6.45, 7) is 0. The number of hydrogen-bond donors (Lipinski definition) is 0. The molecule has 1 aromatic heterocycles.